The molecular formula is C31H33FN4O3S. The summed E-state index contributed by atoms with van der Waals surface area (Å²) in [6.45, 7) is 7.82. The molecule has 6 rings (SSSR count). The van der Waals surface area contributed by atoms with E-state index in [0.717, 1.165) is 53.7 Å². The average Bonchev–Trinajstić information content (AvgIpc) is 3.38. The van der Waals surface area contributed by atoms with E-state index in [1.165, 1.54) is 23.3 Å². The predicted molar refractivity (Wildman–Crippen MR) is 155 cm³/mol. The number of carbonyl (C=O) groups is 1. The number of benzene rings is 2. The Morgan fingerprint density at radius 3 is 2.75 bits per heavy atom. The summed E-state index contributed by atoms with van der Waals surface area (Å²) >= 11 is 1.60. The molecular weight excluding hydrogens is 527 g/mol. The summed E-state index contributed by atoms with van der Waals surface area (Å²) < 4.78 is 26.8. The molecule has 3 heterocycles. The fraction of sp³-hybridized carbons (Fsp3) is 0.387. The minimum Gasteiger partial charge on any atom is -0.492 e. The van der Waals surface area contributed by atoms with Crippen LogP contribution >= 0.6 is 11.3 Å². The van der Waals surface area contributed by atoms with Gasteiger partial charge in [-0.15, -0.1) is 21.5 Å². The molecule has 2 aliphatic rings. The molecule has 2 N–H and O–H groups in total. The lowest BCUT2D eigenvalue weighted by molar-refractivity contribution is 0.0428. The normalized spacial score (nSPS) is 18.6. The summed E-state index contributed by atoms with van der Waals surface area (Å²) in [6.07, 6.45) is 2.16. The summed E-state index contributed by atoms with van der Waals surface area (Å²) in [6, 6.07) is 13.2. The van der Waals surface area contributed by atoms with Gasteiger partial charge in [-0.3, -0.25) is 0 Å². The van der Waals surface area contributed by atoms with Crippen molar-refractivity contribution < 1.29 is 18.7 Å². The molecule has 0 unspecified atom stereocenters. The maximum atomic E-state index is 14.3. The first kappa shape index (κ1) is 26.7. The number of rotatable bonds is 6. The Morgan fingerprint density at radius 1 is 1.10 bits per heavy atom. The number of hydrogen-bond donors (Lipinski definition) is 2. The lowest BCUT2D eigenvalue weighted by Crippen LogP contribution is -2.47. The third kappa shape index (κ3) is 5.67. The minimum absolute atomic E-state index is 0.0550. The van der Waals surface area contributed by atoms with Gasteiger partial charge in [0.05, 0.1) is 11.3 Å². The molecule has 0 bridgehead atoms. The van der Waals surface area contributed by atoms with Gasteiger partial charge < -0.3 is 20.1 Å². The van der Waals surface area contributed by atoms with Gasteiger partial charge in [-0.1, -0.05) is 12.1 Å². The molecule has 7 nitrogen and oxygen atoms in total. The molecule has 208 valence electrons. The number of fused-ring (bicyclic) bond motifs is 2. The van der Waals surface area contributed by atoms with Crippen LogP contribution in [0.3, 0.4) is 0 Å². The number of thiophene rings is 1. The molecule has 1 amide bonds. The fourth-order valence-corrected chi connectivity index (χ4v) is 6.27. The van der Waals surface area contributed by atoms with Crippen molar-refractivity contribution in [3.05, 3.63) is 64.8 Å². The van der Waals surface area contributed by atoms with Crippen molar-refractivity contribution in [1.82, 2.24) is 20.8 Å². The van der Waals surface area contributed by atoms with E-state index in [2.05, 4.69) is 45.1 Å². The molecule has 9 heteroatoms. The van der Waals surface area contributed by atoms with Crippen molar-refractivity contribution in [3.63, 3.8) is 0 Å². The van der Waals surface area contributed by atoms with Crippen molar-refractivity contribution in [1.29, 1.82) is 0 Å². The molecule has 1 saturated carbocycles. The zero-order valence-corrected chi connectivity index (χ0v) is 23.7. The first-order chi connectivity index (χ1) is 19.2. The van der Waals surface area contributed by atoms with Crippen LogP contribution in [0.15, 0.2) is 47.8 Å². The van der Waals surface area contributed by atoms with E-state index in [0.29, 0.717) is 23.6 Å². The van der Waals surface area contributed by atoms with Crippen LogP contribution in [0, 0.1) is 11.7 Å². The van der Waals surface area contributed by atoms with Crippen LogP contribution < -0.4 is 15.4 Å². The van der Waals surface area contributed by atoms with Crippen LogP contribution in [0.5, 0.6) is 5.75 Å². The summed E-state index contributed by atoms with van der Waals surface area (Å²) in [5.74, 6) is 0.333. The van der Waals surface area contributed by atoms with Crippen LogP contribution in [-0.4, -0.2) is 41.1 Å². The quantitative estimate of drug-likeness (QED) is 0.280. The molecule has 0 spiro atoms. The monoisotopic (exact) mass is 560 g/mol. The Bertz CT molecular complexity index is 1560. The van der Waals surface area contributed by atoms with Crippen molar-refractivity contribution in [2.24, 2.45) is 5.92 Å². The third-order valence-electron chi connectivity index (χ3n) is 7.38. The molecule has 2 aromatic heterocycles. The lowest BCUT2D eigenvalue weighted by atomic mass is 9.81. The summed E-state index contributed by atoms with van der Waals surface area (Å²) in [5.41, 5.74) is 5.45. The van der Waals surface area contributed by atoms with E-state index in [-0.39, 0.29) is 17.8 Å². The summed E-state index contributed by atoms with van der Waals surface area (Å²) in [5, 5.41) is 18.7. The van der Waals surface area contributed by atoms with E-state index in [1.54, 1.807) is 17.4 Å². The Balaban J connectivity index is 1.20. The highest BCUT2D eigenvalue weighted by Gasteiger charge is 2.32. The van der Waals surface area contributed by atoms with Gasteiger partial charge in [-0.2, -0.15) is 0 Å². The SMILES string of the molecule is CC(C)(C)OC(=O)NC1CC(COc2cc(F)ccc2-c2nnc(-c3ccc4c(c3)CCNC4)c3ccsc23)C1. The molecule has 4 aromatic rings. The predicted octanol–water partition coefficient (Wildman–Crippen LogP) is 6.49. The molecule has 1 aliphatic heterocycles. The molecule has 0 atom stereocenters. The second kappa shape index (κ2) is 10.8. The Labute approximate surface area is 237 Å². The number of alkyl carbamates (subject to hydrolysis) is 1. The van der Waals surface area contributed by atoms with Crippen LogP contribution in [0.2, 0.25) is 0 Å². The number of halogens is 1. The first-order valence-corrected chi connectivity index (χ1v) is 14.6. The fourth-order valence-electron chi connectivity index (χ4n) is 5.38. The van der Waals surface area contributed by atoms with Gasteiger partial charge in [0, 0.05) is 35.2 Å². The van der Waals surface area contributed by atoms with Crippen LogP contribution in [0.25, 0.3) is 32.6 Å². The van der Waals surface area contributed by atoms with Crippen LogP contribution in [-0.2, 0) is 17.7 Å². The first-order valence-electron chi connectivity index (χ1n) is 13.7. The topological polar surface area (TPSA) is 85.4 Å². The number of aromatic nitrogens is 2. The summed E-state index contributed by atoms with van der Waals surface area (Å²) in [7, 11) is 0. The van der Waals surface area contributed by atoms with Gasteiger partial charge in [-0.05, 0) is 93.3 Å². The Morgan fingerprint density at radius 2 is 1.93 bits per heavy atom. The molecule has 0 radical (unpaired) electrons. The molecule has 0 saturated heterocycles. The Kier molecular flexibility index (Phi) is 7.18. The largest absolute Gasteiger partial charge is 0.492 e. The smallest absolute Gasteiger partial charge is 0.407 e. The van der Waals surface area contributed by atoms with Crippen molar-refractivity contribution >= 4 is 27.5 Å². The van der Waals surface area contributed by atoms with E-state index < -0.39 is 11.7 Å². The highest BCUT2D eigenvalue weighted by Crippen LogP contribution is 2.40. The average molecular weight is 561 g/mol. The Hall–Kier alpha value is -3.56. The van der Waals surface area contributed by atoms with Gasteiger partial charge in [-0.25, -0.2) is 9.18 Å². The van der Waals surface area contributed by atoms with Gasteiger partial charge in [0.25, 0.3) is 0 Å². The summed E-state index contributed by atoms with van der Waals surface area (Å²) in [4.78, 5) is 12.0. The van der Waals surface area contributed by atoms with E-state index in [9.17, 15) is 9.18 Å². The van der Waals surface area contributed by atoms with E-state index >= 15 is 0 Å². The van der Waals surface area contributed by atoms with Gasteiger partial charge in [0.2, 0.25) is 0 Å². The van der Waals surface area contributed by atoms with E-state index in [4.69, 9.17) is 9.47 Å². The van der Waals surface area contributed by atoms with Crippen molar-refractivity contribution in [3.8, 4) is 28.3 Å². The highest BCUT2D eigenvalue weighted by atomic mass is 32.1. The van der Waals surface area contributed by atoms with Gasteiger partial charge >= 0.3 is 6.09 Å². The van der Waals surface area contributed by atoms with Gasteiger partial charge in [0.1, 0.15) is 28.6 Å². The zero-order chi connectivity index (χ0) is 27.9. The van der Waals surface area contributed by atoms with E-state index in [1.807, 2.05) is 26.2 Å². The maximum absolute atomic E-state index is 14.3. The highest BCUT2D eigenvalue weighted by molar-refractivity contribution is 7.17. The number of amides is 1. The maximum Gasteiger partial charge on any atom is 0.407 e. The van der Waals surface area contributed by atoms with Gasteiger partial charge in [0.15, 0.2) is 0 Å². The number of hydrogen-bond acceptors (Lipinski definition) is 7. The van der Waals surface area contributed by atoms with Crippen molar-refractivity contribution in [2.45, 2.75) is 58.2 Å². The number of nitrogens with one attached hydrogen (secondary N) is 2. The van der Waals surface area contributed by atoms with Crippen LogP contribution in [0.1, 0.15) is 44.7 Å². The second-order valence-corrected chi connectivity index (χ2v) is 12.5. The third-order valence-corrected chi connectivity index (χ3v) is 8.30. The number of ether oxygens (including phenoxy) is 2. The number of carbonyl (C=O) groups excluding carboxylic acids is 1. The second-order valence-electron chi connectivity index (χ2n) is 11.6. The number of nitrogens with zero attached hydrogens (tertiary/aromatic N) is 2. The molecule has 2 aromatic carbocycles. The standard InChI is InChI=1S/C31H33FN4O3S/c1-31(2,3)39-30(37)34-23-12-18(13-23)17-38-26-15-22(32)6-7-24(26)28-29-25(9-11-40-29)27(35-36-28)20-4-5-21-16-33-10-8-19(21)14-20/h4-7,9,11,14-15,18,23,33H,8,10,12-13,16-17H2,1-3H3,(H,34,37). The molecule has 1 fully saturated rings. The molecule has 40 heavy (non-hydrogen) atoms. The zero-order valence-electron chi connectivity index (χ0n) is 22.9. The van der Waals surface area contributed by atoms with Crippen LogP contribution in [0.4, 0.5) is 9.18 Å². The van der Waals surface area contributed by atoms with Crippen molar-refractivity contribution in [2.75, 3.05) is 13.2 Å². The molecule has 1 aliphatic carbocycles. The lowest BCUT2D eigenvalue weighted by Gasteiger charge is -2.36. The minimum atomic E-state index is -0.530.